The summed E-state index contributed by atoms with van der Waals surface area (Å²) in [5, 5.41) is 3.48. The fourth-order valence-corrected chi connectivity index (χ4v) is 3.05. The van der Waals surface area contributed by atoms with Crippen LogP contribution >= 0.6 is 0 Å². The highest BCUT2D eigenvalue weighted by Gasteiger charge is 2.10. The highest BCUT2D eigenvalue weighted by atomic mass is 15.1. The quantitative estimate of drug-likeness (QED) is 0.925. The molecule has 2 bridgehead atoms. The second-order valence-electron chi connectivity index (χ2n) is 6.34. The van der Waals surface area contributed by atoms with E-state index in [9.17, 15) is 0 Å². The molecule has 1 aliphatic heterocycles. The van der Waals surface area contributed by atoms with Gasteiger partial charge < -0.3 is 5.32 Å². The summed E-state index contributed by atoms with van der Waals surface area (Å²) >= 11 is 0. The molecular weight excluding hydrogens is 284 g/mol. The molecule has 3 rings (SSSR count). The summed E-state index contributed by atoms with van der Waals surface area (Å²) in [6, 6.07) is 12.6. The van der Waals surface area contributed by atoms with Crippen molar-refractivity contribution in [1.29, 1.82) is 0 Å². The molecule has 0 aliphatic carbocycles. The lowest BCUT2D eigenvalue weighted by atomic mass is 10.2. The molecule has 1 aliphatic rings. The molecule has 2 aromatic heterocycles. The van der Waals surface area contributed by atoms with Gasteiger partial charge in [-0.15, -0.1) is 0 Å². The van der Waals surface area contributed by atoms with Gasteiger partial charge >= 0.3 is 0 Å². The van der Waals surface area contributed by atoms with Crippen LogP contribution in [0.4, 0.5) is 0 Å². The third kappa shape index (κ3) is 5.12. The average Bonchev–Trinajstić information content (AvgIpc) is 2.53. The number of aromatic nitrogens is 2. The molecule has 0 fully saturated rings. The van der Waals surface area contributed by atoms with Gasteiger partial charge in [-0.25, -0.2) is 0 Å². The number of aryl methyl sites for hydroxylation is 1. The molecule has 0 saturated carbocycles. The molecule has 4 heteroatoms. The second kappa shape index (κ2) is 8.18. The lowest BCUT2D eigenvalue weighted by molar-refractivity contribution is 0.243. The van der Waals surface area contributed by atoms with Crippen LogP contribution < -0.4 is 5.32 Å². The van der Waals surface area contributed by atoms with Crippen molar-refractivity contribution in [3.05, 3.63) is 59.2 Å². The minimum Gasteiger partial charge on any atom is -0.311 e. The summed E-state index contributed by atoms with van der Waals surface area (Å²) in [5.41, 5.74) is 4.52. The Balaban J connectivity index is 1.75. The number of pyridine rings is 2. The molecule has 0 aromatic carbocycles. The van der Waals surface area contributed by atoms with Crippen molar-refractivity contribution in [2.75, 3.05) is 13.1 Å². The van der Waals surface area contributed by atoms with Crippen molar-refractivity contribution in [3.8, 4) is 0 Å². The second-order valence-corrected chi connectivity index (χ2v) is 6.34. The third-order valence-electron chi connectivity index (χ3n) is 4.22. The topological polar surface area (TPSA) is 41.0 Å². The summed E-state index contributed by atoms with van der Waals surface area (Å²) in [6.45, 7) is 6.88. The molecule has 0 amide bonds. The Labute approximate surface area is 139 Å². The first-order valence-electron chi connectivity index (χ1n) is 8.60. The van der Waals surface area contributed by atoms with E-state index in [1.807, 2.05) is 0 Å². The SMILES string of the molecule is Cc1cccc(CN2CCCCCNCc3cccc(n3)C2)n1. The maximum absolute atomic E-state index is 4.79. The van der Waals surface area contributed by atoms with Gasteiger partial charge in [-0.05, 0) is 57.1 Å². The first-order valence-corrected chi connectivity index (χ1v) is 8.60. The van der Waals surface area contributed by atoms with Crippen LogP contribution in [-0.2, 0) is 19.6 Å². The van der Waals surface area contributed by atoms with E-state index in [0.29, 0.717) is 0 Å². The molecule has 0 radical (unpaired) electrons. The minimum atomic E-state index is 0.868. The zero-order valence-electron chi connectivity index (χ0n) is 14.0. The molecule has 122 valence electrons. The molecule has 2 aromatic rings. The Morgan fingerprint density at radius 3 is 2.78 bits per heavy atom. The van der Waals surface area contributed by atoms with Gasteiger partial charge in [-0.2, -0.15) is 0 Å². The summed E-state index contributed by atoms with van der Waals surface area (Å²) in [5.74, 6) is 0. The molecular formula is C19H26N4. The maximum atomic E-state index is 4.79. The van der Waals surface area contributed by atoms with Crippen molar-refractivity contribution in [1.82, 2.24) is 20.2 Å². The van der Waals surface area contributed by atoms with Crippen molar-refractivity contribution >= 4 is 0 Å². The van der Waals surface area contributed by atoms with Crippen molar-refractivity contribution < 1.29 is 0 Å². The van der Waals surface area contributed by atoms with Crippen LogP contribution in [0.15, 0.2) is 36.4 Å². The lowest BCUT2D eigenvalue weighted by Gasteiger charge is -2.22. The van der Waals surface area contributed by atoms with Gasteiger partial charge in [-0.1, -0.05) is 18.6 Å². The number of hydrogen-bond donors (Lipinski definition) is 1. The van der Waals surface area contributed by atoms with Crippen LogP contribution in [0.5, 0.6) is 0 Å². The van der Waals surface area contributed by atoms with Crippen LogP contribution in [0, 0.1) is 6.92 Å². The molecule has 0 unspecified atom stereocenters. The number of fused-ring (bicyclic) bond motifs is 2. The lowest BCUT2D eigenvalue weighted by Crippen LogP contribution is -2.26. The molecule has 1 N–H and O–H groups in total. The Bertz CT molecular complexity index is 626. The molecule has 0 spiro atoms. The third-order valence-corrected chi connectivity index (χ3v) is 4.22. The number of rotatable bonds is 2. The van der Waals surface area contributed by atoms with E-state index in [4.69, 9.17) is 4.98 Å². The summed E-state index contributed by atoms with van der Waals surface area (Å²) in [4.78, 5) is 11.9. The molecule has 0 saturated heterocycles. The summed E-state index contributed by atoms with van der Waals surface area (Å²) in [7, 11) is 0. The summed E-state index contributed by atoms with van der Waals surface area (Å²) in [6.07, 6.45) is 3.73. The molecule has 0 atom stereocenters. The van der Waals surface area contributed by atoms with Crippen LogP contribution in [0.25, 0.3) is 0 Å². The van der Waals surface area contributed by atoms with Gasteiger partial charge in [0.2, 0.25) is 0 Å². The van der Waals surface area contributed by atoms with Crippen molar-refractivity contribution in [2.45, 2.75) is 45.8 Å². The average molecular weight is 310 g/mol. The maximum Gasteiger partial charge on any atom is 0.0548 e. The molecule has 23 heavy (non-hydrogen) atoms. The smallest absolute Gasteiger partial charge is 0.0548 e. The predicted molar refractivity (Wildman–Crippen MR) is 92.9 cm³/mol. The number of nitrogens with zero attached hydrogens (tertiary/aromatic N) is 3. The standard InChI is InChI=1S/C19H26N4/c1-16-7-5-9-18(21-16)14-23-12-4-2-3-11-20-13-17-8-6-10-19(15-23)22-17/h5-10,20H,2-4,11-15H2,1H3. The van der Waals surface area contributed by atoms with E-state index in [1.165, 1.54) is 19.3 Å². The van der Waals surface area contributed by atoms with Gasteiger partial charge in [-0.3, -0.25) is 14.9 Å². The Kier molecular flexibility index (Phi) is 5.72. The summed E-state index contributed by atoms with van der Waals surface area (Å²) < 4.78 is 0. The number of nitrogens with one attached hydrogen (secondary N) is 1. The molecule has 3 heterocycles. The van der Waals surface area contributed by atoms with Crippen LogP contribution in [0.2, 0.25) is 0 Å². The van der Waals surface area contributed by atoms with Gasteiger partial charge in [0.25, 0.3) is 0 Å². The van der Waals surface area contributed by atoms with Crippen LogP contribution in [-0.4, -0.2) is 28.0 Å². The van der Waals surface area contributed by atoms with Crippen molar-refractivity contribution in [2.24, 2.45) is 0 Å². The monoisotopic (exact) mass is 310 g/mol. The van der Waals surface area contributed by atoms with Gasteiger partial charge in [0.15, 0.2) is 0 Å². The Morgan fingerprint density at radius 1 is 1.00 bits per heavy atom. The van der Waals surface area contributed by atoms with Gasteiger partial charge in [0, 0.05) is 25.3 Å². The predicted octanol–water partition coefficient (Wildman–Crippen LogP) is 3.06. The van der Waals surface area contributed by atoms with E-state index in [2.05, 4.69) is 58.5 Å². The fourth-order valence-electron chi connectivity index (χ4n) is 3.05. The van der Waals surface area contributed by atoms with E-state index in [1.54, 1.807) is 0 Å². The normalized spacial score (nSPS) is 17.3. The Morgan fingerprint density at radius 2 is 1.87 bits per heavy atom. The van der Waals surface area contributed by atoms with E-state index in [0.717, 1.165) is 55.5 Å². The number of hydrogen-bond acceptors (Lipinski definition) is 4. The largest absolute Gasteiger partial charge is 0.311 e. The fraction of sp³-hybridized carbons (Fsp3) is 0.474. The van der Waals surface area contributed by atoms with Crippen LogP contribution in [0.1, 0.15) is 42.0 Å². The van der Waals surface area contributed by atoms with E-state index < -0.39 is 0 Å². The van der Waals surface area contributed by atoms with Crippen LogP contribution in [0.3, 0.4) is 0 Å². The highest BCUT2D eigenvalue weighted by Crippen LogP contribution is 2.11. The molecule has 4 nitrogen and oxygen atoms in total. The first kappa shape index (κ1) is 16.1. The first-order chi connectivity index (χ1) is 11.3. The van der Waals surface area contributed by atoms with Gasteiger partial charge in [0.05, 0.1) is 17.1 Å². The Hall–Kier alpha value is -1.78. The zero-order chi connectivity index (χ0) is 15.9. The van der Waals surface area contributed by atoms with Crippen molar-refractivity contribution in [3.63, 3.8) is 0 Å². The van der Waals surface area contributed by atoms with Gasteiger partial charge in [0.1, 0.15) is 0 Å². The highest BCUT2D eigenvalue weighted by molar-refractivity contribution is 5.13. The minimum absolute atomic E-state index is 0.868. The zero-order valence-corrected chi connectivity index (χ0v) is 14.0. The van der Waals surface area contributed by atoms with E-state index >= 15 is 0 Å². The van der Waals surface area contributed by atoms with E-state index in [-0.39, 0.29) is 0 Å².